The minimum absolute atomic E-state index is 0.871. The summed E-state index contributed by atoms with van der Waals surface area (Å²) in [5.41, 5.74) is 6.15. The first-order valence-electron chi connectivity index (χ1n) is 6.87. The second kappa shape index (κ2) is 5.43. The van der Waals surface area contributed by atoms with Crippen LogP contribution in [0.25, 0.3) is 22.0 Å². The van der Waals surface area contributed by atoms with Gasteiger partial charge in [-0.2, -0.15) is 0 Å². The first-order valence-corrected chi connectivity index (χ1v) is 6.87. The lowest BCUT2D eigenvalue weighted by Crippen LogP contribution is -2.06. The third-order valence-corrected chi connectivity index (χ3v) is 3.55. The summed E-state index contributed by atoms with van der Waals surface area (Å²) in [4.78, 5) is 4.45. The molecular formula is C18H18N2. The van der Waals surface area contributed by atoms with E-state index in [1.54, 1.807) is 0 Å². The summed E-state index contributed by atoms with van der Waals surface area (Å²) in [5, 5.41) is 4.41. The van der Waals surface area contributed by atoms with Crippen LogP contribution in [0.5, 0.6) is 0 Å². The molecule has 0 aliphatic carbocycles. The van der Waals surface area contributed by atoms with Crippen molar-refractivity contribution in [1.29, 1.82) is 0 Å². The molecule has 0 saturated heterocycles. The van der Waals surface area contributed by atoms with Gasteiger partial charge in [-0.1, -0.05) is 42.0 Å². The van der Waals surface area contributed by atoms with Crippen molar-refractivity contribution in [3.63, 3.8) is 0 Å². The molecule has 1 heterocycles. The Labute approximate surface area is 119 Å². The van der Waals surface area contributed by atoms with Crippen molar-refractivity contribution in [2.24, 2.45) is 0 Å². The van der Waals surface area contributed by atoms with Crippen LogP contribution < -0.4 is 5.32 Å². The molecule has 0 bridgehead atoms. The fourth-order valence-corrected chi connectivity index (χ4v) is 2.54. The molecule has 20 heavy (non-hydrogen) atoms. The molecule has 0 atom stereocenters. The monoisotopic (exact) mass is 262 g/mol. The van der Waals surface area contributed by atoms with Crippen LogP contribution in [0.3, 0.4) is 0 Å². The minimum atomic E-state index is 0.871. The van der Waals surface area contributed by atoms with E-state index >= 15 is 0 Å². The van der Waals surface area contributed by atoms with Crippen molar-refractivity contribution in [1.82, 2.24) is 10.3 Å². The number of aryl methyl sites for hydroxylation is 1. The summed E-state index contributed by atoms with van der Waals surface area (Å²) in [6, 6.07) is 17.2. The van der Waals surface area contributed by atoms with Crippen molar-refractivity contribution < 1.29 is 0 Å². The Bertz CT molecular complexity index is 747. The van der Waals surface area contributed by atoms with Crippen molar-refractivity contribution >= 4 is 10.9 Å². The molecule has 3 rings (SSSR count). The predicted octanol–water partition coefficient (Wildman–Crippen LogP) is 3.93. The summed E-state index contributed by atoms with van der Waals surface area (Å²) in [6.07, 6.45) is 1.84. The van der Waals surface area contributed by atoms with Crippen molar-refractivity contribution in [3.05, 3.63) is 65.9 Å². The zero-order valence-electron chi connectivity index (χ0n) is 11.9. The fraction of sp³-hybridized carbons (Fsp3) is 0.167. The largest absolute Gasteiger partial charge is 0.316 e. The molecule has 2 aromatic carbocycles. The van der Waals surface area contributed by atoms with Crippen LogP contribution in [0.15, 0.2) is 54.7 Å². The highest BCUT2D eigenvalue weighted by Crippen LogP contribution is 2.27. The van der Waals surface area contributed by atoms with Gasteiger partial charge in [0.2, 0.25) is 0 Å². The Balaban J connectivity index is 2.16. The fourth-order valence-electron chi connectivity index (χ4n) is 2.54. The topological polar surface area (TPSA) is 24.9 Å². The third kappa shape index (κ3) is 2.43. The third-order valence-electron chi connectivity index (χ3n) is 3.55. The Morgan fingerprint density at radius 2 is 1.95 bits per heavy atom. The van der Waals surface area contributed by atoms with Gasteiger partial charge in [-0.05, 0) is 42.8 Å². The zero-order valence-corrected chi connectivity index (χ0v) is 11.9. The highest BCUT2D eigenvalue weighted by Gasteiger charge is 2.06. The van der Waals surface area contributed by atoms with Gasteiger partial charge in [0.15, 0.2) is 0 Å². The molecule has 0 radical (unpaired) electrons. The summed E-state index contributed by atoms with van der Waals surface area (Å²) >= 11 is 0. The van der Waals surface area contributed by atoms with Gasteiger partial charge in [0.25, 0.3) is 0 Å². The summed E-state index contributed by atoms with van der Waals surface area (Å²) in [6.45, 7) is 3.00. The molecule has 0 spiro atoms. The van der Waals surface area contributed by atoms with Crippen LogP contribution in [0, 0.1) is 6.92 Å². The van der Waals surface area contributed by atoms with E-state index in [0.29, 0.717) is 0 Å². The second-order valence-electron chi connectivity index (χ2n) is 5.10. The van der Waals surface area contributed by atoms with Crippen molar-refractivity contribution in [3.8, 4) is 11.1 Å². The predicted molar refractivity (Wildman–Crippen MR) is 84.7 cm³/mol. The molecule has 0 fully saturated rings. The van der Waals surface area contributed by atoms with Crippen LogP contribution in [0.1, 0.15) is 11.1 Å². The number of hydrogen-bond donors (Lipinski definition) is 1. The molecule has 0 aliphatic heterocycles. The van der Waals surface area contributed by atoms with Gasteiger partial charge >= 0.3 is 0 Å². The number of nitrogens with zero attached hydrogens (tertiary/aromatic N) is 1. The van der Waals surface area contributed by atoms with Crippen molar-refractivity contribution in [2.45, 2.75) is 13.5 Å². The summed E-state index contributed by atoms with van der Waals surface area (Å²) in [5.74, 6) is 0. The molecule has 2 heteroatoms. The van der Waals surface area contributed by atoms with Gasteiger partial charge in [-0.3, -0.25) is 4.98 Å². The number of benzene rings is 2. The van der Waals surface area contributed by atoms with Crippen LogP contribution in [-0.2, 0) is 6.54 Å². The zero-order chi connectivity index (χ0) is 13.9. The number of nitrogens with one attached hydrogen (secondary N) is 1. The van der Waals surface area contributed by atoms with Crippen LogP contribution in [-0.4, -0.2) is 12.0 Å². The smallest absolute Gasteiger partial charge is 0.0708 e. The van der Waals surface area contributed by atoms with E-state index < -0.39 is 0 Å². The van der Waals surface area contributed by atoms with E-state index in [9.17, 15) is 0 Å². The maximum Gasteiger partial charge on any atom is 0.0708 e. The van der Waals surface area contributed by atoms with Crippen LogP contribution >= 0.6 is 0 Å². The molecule has 0 aliphatic rings. The highest BCUT2D eigenvalue weighted by molar-refractivity contribution is 5.84. The molecular weight excluding hydrogens is 244 g/mol. The average Bonchev–Trinajstić information content (AvgIpc) is 2.49. The normalized spacial score (nSPS) is 10.9. The number of aromatic nitrogens is 1. The lowest BCUT2D eigenvalue weighted by atomic mass is 9.96. The quantitative estimate of drug-likeness (QED) is 0.773. The SMILES string of the molecule is CNCc1ccc(C)cc1-c1ccc2cccnc2c1. The summed E-state index contributed by atoms with van der Waals surface area (Å²) in [7, 11) is 1.98. The van der Waals surface area contributed by atoms with E-state index in [0.717, 1.165) is 12.1 Å². The average molecular weight is 262 g/mol. The molecule has 2 nitrogen and oxygen atoms in total. The lowest BCUT2D eigenvalue weighted by Gasteiger charge is -2.11. The van der Waals surface area contributed by atoms with E-state index in [1.807, 2.05) is 19.3 Å². The maximum absolute atomic E-state index is 4.45. The molecule has 0 amide bonds. The standard InChI is InChI=1S/C18H18N2/c1-13-5-6-16(12-19-2)17(10-13)15-8-7-14-4-3-9-20-18(14)11-15/h3-11,19H,12H2,1-2H3. The van der Waals surface area contributed by atoms with Gasteiger partial charge < -0.3 is 5.32 Å². The number of hydrogen-bond acceptors (Lipinski definition) is 2. The van der Waals surface area contributed by atoms with E-state index in [1.165, 1.54) is 27.6 Å². The van der Waals surface area contributed by atoms with E-state index in [-0.39, 0.29) is 0 Å². The first-order chi connectivity index (χ1) is 9.78. The van der Waals surface area contributed by atoms with Crippen LogP contribution in [0.2, 0.25) is 0 Å². The lowest BCUT2D eigenvalue weighted by molar-refractivity contribution is 0.819. The molecule has 100 valence electrons. The molecule has 1 N–H and O–H groups in total. The van der Waals surface area contributed by atoms with E-state index in [4.69, 9.17) is 0 Å². The molecule has 0 unspecified atom stereocenters. The Morgan fingerprint density at radius 3 is 2.80 bits per heavy atom. The highest BCUT2D eigenvalue weighted by atomic mass is 14.8. The Kier molecular flexibility index (Phi) is 3.48. The molecule has 0 saturated carbocycles. The maximum atomic E-state index is 4.45. The van der Waals surface area contributed by atoms with Crippen molar-refractivity contribution in [2.75, 3.05) is 7.05 Å². The molecule has 3 aromatic rings. The van der Waals surface area contributed by atoms with Gasteiger partial charge in [0, 0.05) is 18.1 Å². The Morgan fingerprint density at radius 1 is 1.05 bits per heavy atom. The van der Waals surface area contributed by atoms with E-state index in [2.05, 4.69) is 59.7 Å². The number of fused-ring (bicyclic) bond motifs is 1. The number of pyridine rings is 1. The van der Waals surface area contributed by atoms with Gasteiger partial charge in [0.1, 0.15) is 0 Å². The second-order valence-corrected chi connectivity index (χ2v) is 5.10. The van der Waals surface area contributed by atoms with Gasteiger partial charge in [-0.25, -0.2) is 0 Å². The minimum Gasteiger partial charge on any atom is -0.316 e. The molecule has 1 aromatic heterocycles. The first kappa shape index (κ1) is 12.8. The van der Waals surface area contributed by atoms with Gasteiger partial charge in [-0.15, -0.1) is 0 Å². The van der Waals surface area contributed by atoms with Gasteiger partial charge in [0.05, 0.1) is 5.52 Å². The summed E-state index contributed by atoms with van der Waals surface area (Å²) < 4.78 is 0. The van der Waals surface area contributed by atoms with Crippen LogP contribution in [0.4, 0.5) is 0 Å². The number of rotatable bonds is 3. The Hall–Kier alpha value is -2.19.